The lowest BCUT2D eigenvalue weighted by atomic mass is 10.1. The van der Waals surface area contributed by atoms with E-state index in [2.05, 4.69) is 0 Å². The van der Waals surface area contributed by atoms with E-state index in [9.17, 15) is 9.59 Å². The monoisotopic (exact) mass is 284 g/mol. The highest BCUT2D eigenvalue weighted by molar-refractivity contribution is 5.15. The van der Waals surface area contributed by atoms with Crippen LogP contribution in [0.4, 0.5) is 0 Å². The van der Waals surface area contributed by atoms with Crippen LogP contribution in [-0.2, 0) is 13.1 Å². The molecule has 0 unspecified atom stereocenters. The third-order valence-electron chi connectivity index (χ3n) is 4.26. The fraction of sp³-hybridized carbons (Fsp3) is 0.412. The molecule has 0 atom stereocenters. The molecule has 0 spiro atoms. The minimum Gasteiger partial charge on any atom is -0.309 e. The summed E-state index contributed by atoms with van der Waals surface area (Å²) in [6, 6.07) is 9.71. The van der Waals surface area contributed by atoms with Crippen molar-refractivity contribution in [2.45, 2.75) is 38.8 Å². The van der Waals surface area contributed by atoms with Crippen molar-refractivity contribution in [2.75, 3.05) is 0 Å². The lowest BCUT2D eigenvalue weighted by molar-refractivity contribution is 0.442. The van der Waals surface area contributed by atoms with Crippen LogP contribution in [0.25, 0.3) is 0 Å². The summed E-state index contributed by atoms with van der Waals surface area (Å²) >= 11 is 0. The van der Waals surface area contributed by atoms with Gasteiger partial charge < -0.3 is 9.13 Å². The summed E-state index contributed by atoms with van der Waals surface area (Å²) in [5.41, 5.74) is 0.187. The molecule has 4 nitrogen and oxygen atoms in total. The summed E-state index contributed by atoms with van der Waals surface area (Å²) in [6.07, 6.45) is 8.30. The number of nitrogens with zero attached hydrogens (tertiary/aromatic N) is 2. The maximum atomic E-state index is 12.2. The highest BCUT2D eigenvalue weighted by Crippen LogP contribution is 2.25. The number of aromatic nitrogens is 2. The summed E-state index contributed by atoms with van der Waals surface area (Å²) in [7, 11) is 0. The standard InChI is InChI=1S/C17H20N2O2/c20-16-17(21)19(13-15-8-4-5-9-15)11-10-18(16)12-14-6-2-1-3-7-14/h1-3,6-7,10-11,15H,4-5,8-9,12-13H2. The van der Waals surface area contributed by atoms with Gasteiger partial charge in [0.25, 0.3) is 0 Å². The molecule has 1 aromatic carbocycles. The molecule has 0 saturated heterocycles. The van der Waals surface area contributed by atoms with Crippen LogP contribution in [0.2, 0.25) is 0 Å². The zero-order valence-corrected chi connectivity index (χ0v) is 12.1. The Labute approximate surface area is 123 Å². The van der Waals surface area contributed by atoms with Crippen LogP contribution in [-0.4, -0.2) is 9.13 Å². The van der Waals surface area contributed by atoms with Gasteiger partial charge in [0.05, 0.1) is 6.54 Å². The molecule has 1 fully saturated rings. The van der Waals surface area contributed by atoms with Crippen molar-refractivity contribution in [3.8, 4) is 0 Å². The van der Waals surface area contributed by atoms with Crippen LogP contribution >= 0.6 is 0 Å². The zero-order chi connectivity index (χ0) is 14.7. The largest absolute Gasteiger partial charge is 0.316 e. The van der Waals surface area contributed by atoms with Crippen molar-refractivity contribution in [1.29, 1.82) is 0 Å². The van der Waals surface area contributed by atoms with Gasteiger partial charge in [0, 0.05) is 18.9 Å². The smallest absolute Gasteiger partial charge is 0.309 e. The molecule has 0 N–H and O–H groups in total. The molecule has 4 heteroatoms. The summed E-state index contributed by atoms with van der Waals surface area (Å²) in [4.78, 5) is 24.4. The van der Waals surface area contributed by atoms with Crippen molar-refractivity contribution in [3.63, 3.8) is 0 Å². The van der Waals surface area contributed by atoms with Gasteiger partial charge >= 0.3 is 11.1 Å². The summed E-state index contributed by atoms with van der Waals surface area (Å²) in [5.74, 6) is 0.548. The minimum atomic E-state index is -0.431. The van der Waals surface area contributed by atoms with Gasteiger partial charge in [-0.05, 0) is 24.3 Å². The highest BCUT2D eigenvalue weighted by atomic mass is 16.2. The molecule has 21 heavy (non-hydrogen) atoms. The molecular weight excluding hydrogens is 264 g/mol. The van der Waals surface area contributed by atoms with E-state index >= 15 is 0 Å². The molecule has 0 radical (unpaired) electrons. The maximum absolute atomic E-state index is 12.2. The fourth-order valence-corrected chi connectivity index (χ4v) is 3.06. The third kappa shape index (κ3) is 3.15. The molecule has 1 aromatic heterocycles. The molecular formula is C17H20N2O2. The first kappa shape index (κ1) is 13.9. The first-order valence-corrected chi connectivity index (χ1v) is 7.58. The molecule has 1 aliphatic rings. The van der Waals surface area contributed by atoms with Crippen LogP contribution in [0.5, 0.6) is 0 Å². The summed E-state index contributed by atoms with van der Waals surface area (Å²) in [6.45, 7) is 1.12. The van der Waals surface area contributed by atoms with E-state index < -0.39 is 11.1 Å². The number of rotatable bonds is 4. The first-order chi connectivity index (χ1) is 10.2. The molecule has 1 aliphatic carbocycles. The molecule has 0 bridgehead atoms. The van der Waals surface area contributed by atoms with Crippen molar-refractivity contribution < 1.29 is 0 Å². The SMILES string of the molecule is O=c1c(=O)n(CC2CCCC2)ccn1Cc1ccccc1. The predicted molar refractivity (Wildman–Crippen MR) is 82.5 cm³/mol. The lowest BCUT2D eigenvalue weighted by Crippen LogP contribution is -2.41. The molecule has 1 saturated carbocycles. The van der Waals surface area contributed by atoms with Crippen molar-refractivity contribution in [2.24, 2.45) is 5.92 Å². The van der Waals surface area contributed by atoms with E-state index in [1.165, 1.54) is 30.3 Å². The fourth-order valence-electron chi connectivity index (χ4n) is 3.06. The van der Waals surface area contributed by atoms with E-state index in [1.54, 1.807) is 17.0 Å². The van der Waals surface area contributed by atoms with Gasteiger partial charge in [-0.15, -0.1) is 0 Å². The Morgan fingerprint density at radius 2 is 1.52 bits per heavy atom. The van der Waals surface area contributed by atoms with Gasteiger partial charge in [0.15, 0.2) is 0 Å². The van der Waals surface area contributed by atoms with Crippen LogP contribution in [0, 0.1) is 5.92 Å². The molecule has 110 valence electrons. The lowest BCUT2D eigenvalue weighted by Gasteiger charge is -2.12. The second-order valence-electron chi connectivity index (χ2n) is 5.82. The molecule has 1 heterocycles. The second-order valence-corrected chi connectivity index (χ2v) is 5.82. The average Bonchev–Trinajstić information content (AvgIpc) is 3.01. The number of hydrogen-bond donors (Lipinski definition) is 0. The van der Waals surface area contributed by atoms with Crippen molar-refractivity contribution in [1.82, 2.24) is 9.13 Å². The van der Waals surface area contributed by atoms with Gasteiger partial charge in [-0.3, -0.25) is 9.59 Å². The van der Waals surface area contributed by atoms with Gasteiger partial charge in [0.2, 0.25) is 0 Å². The van der Waals surface area contributed by atoms with Gasteiger partial charge in [-0.2, -0.15) is 0 Å². The molecule has 0 amide bonds. The first-order valence-electron chi connectivity index (χ1n) is 7.58. The van der Waals surface area contributed by atoms with Crippen LogP contribution in [0.1, 0.15) is 31.2 Å². The van der Waals surface area contributed by atoms with Gasteiger partial charge in [-0.1, -0.05) is 43.2 Å². The topological polar surface area (TPSA) is 44.0 Å². The van der Waals surface area contributed by atoms with E-state index in [4.69, 9.17) is 0 Å². The van der Waals surface area contributed by atoms with E-state index in [1.807, 2.05) is 30.3 Å². The van der Waals surface area contributed by atoms with Crippen LogP contribution < -0.4 is 11.1 Å². The maximum Gasteiger partial charge on any atom is 0.316 e. The number of benzene rings is 1. The average molecular weight is 284 g/mol. The highest BCUT2D eigenvalue weighted by Gasteiger charge is 2.16. The third-order valence-corrected chi connectivity index (χ3v) is 4.26. The van der Waals surface area contributed by atoms with Crippen molar-refractivity contribution in [3.05, 3.63) is 69.0 Å². The Bertz CT molecular complexity index is 710. The summed E-state index contributed by atoms with van der Waals surface area (Å²) < 4.78 is 3.07. The predicted octanol–water partition coefficient (Wildman–Crippen LogP) is 2.25. The second kappa shape index (κ2) is 6.12. The van der Waals surface area contributed by atoms with Crippen molar-refractivity contribution >= 4 is 0 Å². The van der Waals surface area contributed by atoms with Crippen LogP contribution in [0.15, 0.2) is 52.3 Å². The molecule has 2 aromatic rings. The Kier molecular flexibility index (Phi) is 4.04. The van der Waals surface area contributed by atoms with Gasteiger partial charge in [0.1, 0.15) is 0 Å². The number of hydrogen-bond acceptors (Lipinski definition) is 2. The van der Waals surface area contributed by atoms with E-state index in [-0.39, 0.29) is 0 Å². The normalized spacial score (nSPS) is 15.4. The van der Waals surface area contributed by atoms with E-state index in [0.717, 1.165) is 5.56 Å². The zero-order valence-electron chi connectivity index (χ0n) is 12.1. The van der Waals surface area contributed by atoms with E-state index in [0.29, 0.717) is 19.0 Å². The Morgan fingerprint density at radius 3 is 2.24 bits per heavy atom. The quantitative estimate of drug-likeness (QED) is 0.808. The Hall–Kier alpha value is -2.10. The summed E-state index contributed by atoms with van der Waals surface area (Å²) in [5, 5.41) is 0. The van der Waals surface area contributed by atoms with Gasteiger partial charge in [-0.25, -0.2) is 0 Å². The molecule has 3 rings (SSSR count). The Morgan fingerprint density at radius 1 is 0.905 bits per heavy atom. The minimum absolute atomic E-state index is 0.402. The molecule has 0 aliphatic heterocycles. The Balaban J connectivity index is 1.82. The van der Waals surface area contributed by atoms with Crippen LogP contribution in [0.3, 0.4) is 0 Å².